The maximum Gasteiger partial charge on any atom is 0.442 e. The maximum atomic E-state index is 13.7. The van der Waals surface area contributed by atoms with E-state index in [2.05, 4.69) is 5.27 Å². The second-order valence-corrected chi connectivity index (χ2v) is 7.38. The van der Waals surface area contributed by atoms with Crippen molar-refractivity contribution in [2.24, 2.45) is 0 Å². The first-order valence-corrected chi connectivity index (χ1v) is 9.08. The van der Waals surface area contributed by atoms with Crippen molar-refractivity contribution in [1.29, 1.82) is 0 Å². The zero-order chi connectivity index (χ0) is 21.3. The lowest BCUT2D eigenvalue weighted by atomic mass is 10.2. The van der Waals surface area contributed by atoms with Crippen LogP contribution in [0.4, 0.5) is 23.2 Å². The summed E-state index contributed by atoms with van der Waals surface area (Å²) in [5.74, 6) is -7.74. The van der Waals surface area contributed by atoms with Crippen molar-refractivity contribution in [1.82, 2.24) is 5.27 Å². The van der Waals surface area contributed by atoms with Gasteiger partial charge in [0.05, 0.1) is 5.25 Å². The fourth-order valence-electron chi connectivity index (χ4n) is 2.36. The van der Waals surface area contributed by atoms with Crippen LogP contribution in [0.5, 0.6) is 0 Å². The van der Waals surface area contributed by atoms with Gasteiger partial charge < -0.3 is 5.32 Å². The second kappa shape index (κ2) is 8.11. The summed E-state index contributed by atoms with van der Waals surface area (Å²) in [4.78, 5) is 24.3. The molecule has 0 radical (unpaired) electrons. The number of aryl methyl sites for hydroxylation is 1. The Labute approximate surface area is 165 Å². The molecule has 0 spiro atoms. The number of halogens is 4. The van der Waals surface area contributed by atoms with Gasteiger partial charge in [0.25, 0.3) is 0 Å². The molecular weight excluding hydrogens is 414 g/mol. The predicted molar refractivity (Wildman–Crippen MR) is 95.8 cm³/mol. The third-order valence-corrected chi connectivity index (χ3v) is 5.06. The molecule has 11 heteroatoms. The van der Waals surface area contributed by atoms with Gasteiger partial charge in [0.2, 0.25) is 11.6 Å². The van der Waals surface area contributed by atoms with Crippen molar-refractivity contribution in [2.75, 3.05) is 5.32 Å². The molecule has 0 aliphatic carbocycles. The summed E-state index contributed by atoms with van der Waals surface area (Å²) in [6, 6.07) is 7.03. The number of aromatic nitrogens is 2. The summed E-state index contributed by atoms with van der Waals surface area (Å²) in [7, 11) is 0. The second-order valence-electron chi connectivity index (χ2n) is 6.05. The van der Waals surface area contributed by atoms with E-state index in [1.807, 2.05) is 12.2 Å². The lowest BCUT2D eigenvalue weighted by Crippen LogP contribution is -2.37. The van der Waals surface area contributed by atoms with E-state index in [9.17, 15) is 27.2 Å². The van der Waals surface area contributed by atoms with Crippen LogP contribution in [0.25, 0.3) is 5.69 Å². The first kappa shape index (κ1) is 20.6. The molecule has 1 heterocycles. The molecule has 1 amide bonds. The molecule has 152 valence electrons. The minimum Gasteiger partial charge on any atom is -0.320 e. The molecule has 0 saturated carbocycles. The van der Waals surface area contributed by atoms with Crippen LogP contribution in [0.3, 0.4) is 0 Å². The van der Waals surface area contributed by atoms with Crippen LogP contribution in [0.15, 0.2) is 44.7 Å². The summed E-state index contributed by atoms with van der Waals surface area (Å²) < 4.78 is 60.1. The van der Waals surface area contributed by atoms with Crippen LogP contribution >= 0.6 is 11.8 Å². The lowest BCUT2D eigenvalue weighted by molar-refractivity contribution is -0.704. The monoisotopic (exact) mass is 428 g/mol. The van der Waals surface area contributed by atoms with Crippen LogP contribution in [0.2, 0.25) is 0 Å². The van der Waals surface area contributed by atoms with Gasteiger partial charge in [-0.3, -0.25) is 9.32 Å². The average Bonchev–Trinajstić information content (AvgIpc) is 3.04. The number of nitrogens with zero attached hydrogens (tertiary/aromatic N) is 1. The number of H-pyrrole nitrogens is 1. The number of hydrogen-bond acceptors (Lipinski definition) is 4. The Bertz CT molecular complexity index is 1100. The van der Waals surface area contributed by atoms with Crippen LogP contribution in [0, 0.1) is 30.2 Å². The zero-order valence-corrected chi connectivity index (χ0v) is 15.9. The minimum atomic E-state index is -1.73. The first-order chi connectivity index (χ1) is 13.7. The highest BCUT2D eigenvalue weighted by atomic mass is 32.2. The molecule has 3 rings (SSSR count). The molecule has 2 N–H and O–H groups in total. The normalized spacial score (nSPS) is 12.1. The van der Waals surface area contributed by atoms with Crippen molar-refractivity contribution in [3.63, 3.8) is 0 Å². The predicted octanol–water partition coefficient (Wildman–Crippen LogP) is 3.23. The topological polar surface area (TPSA) is 79.0 Å². The molecule has 1 aromatic heterocycles. The summed E-state index contributed by atoms with van der Waals surface area (Å²) in [6.45, 7) is 3.22. The van der Waals surface area contributed by atoms with E-state index in [1.54, 1.807) is 24.3 Å². The first-order valence-electron chi connectivity index (χ1n) is 8.20. The van der Waals surface area contributed by atoms with Crippen LogP contribution in [-0.2, 0) is 4.79 Å². The SMILES string of the molecule is Cc1ccc(-[n+]2[nH]oc(=O)c2SC(C)C(=O)Nc2c(F)c(F)cc(F)c2F)cc1. The van der Waals surface area contributed by atoms with Gasteiger partial charge in [0, 0.05) is 18.2 Å². The third kappa shape index (κ3) is 4.19. The number of rotatable bonds is 5. The van der Waals surface area contributed by atoms with Crippen molar-refractivity contribution in [2.45, 2.75) is 24.1 Å². The smallest absolute Gasteiger partial charge is 0.320 e. The van der Waals surface area contributed by atoms with E-state index in [-0.39, 0.29) is 11.1 Å². The number of carbonyl (C=O) groups excluding carboxylic acids is 1. The highest BCUT2D eigenvalue weighted by Gasteiger charge is 2.30. The summed E-state index contributed by atoms with van der Waals surface area (Å²) in [5, 5.41) is 3.13. The van der Waals surface area contributed by atoms with Gasteiger partial charge in [-0.2, -0.15) is 0 Å². The third-order valence-electron chi connectivity index (χ3n) is 3.92. The number of nitrogens with one attached hydrogen (secondary N) is 2. The molecule has 0 aliphatic heterocycles. The summed E-state index contributed by atoms with van der Waals surface area (Å²) >= 11 is 0.731. The Kier molecular flexibility index (Phi) is 5.78. The quantitative estimate of drug-likeness (QED) is 0.283. The summed E-state index contributed by atoms with van der Waals surface area (Å²) in [5.41, 5.74) is -0.494. The lowest BCUT2D eigenvalue weighted by Gasteiger charge is -2.11. The van der Waals surface area contributed by atoms with Gasteiger partial charge in [-0.1, -0.05) is 17.7 Å². The van der Waals surface area contributed by atoms with Crippen molar-refractivity contribution in [3.8, 4) is 5.69 Å². The van der Waals surface area contributed by atoms with Gasteiger partial charge in [-0.15, -0.1) is 0 Å². The molecule has 3 aromatic rings. The number of amides is 1. The van der Waals surface area contributed by atoms with Crippen molar-refractivity contribution in [3.05, 3.63) is 69.6 Å². The highest BCUT2D eigenvalue weighted by Crippen LogP contribution is 2.26. The number of benzene rings is 2. The number of carbonyl (C=O) groups is 1. The summed E-state index contributed by atoms with van der Waals surface area (Å²) in [6.07, 6.45) is 0. The molecule has 0 aliphatic rings. The van der Waals surface area contributed by atoms with Gasteiger partial charge in [-0.05, 0) is 35.6 Å². The Balaban J connectivity index is 1.84. The Morgan fingerprint density at radius 3 is 2.31 bits per heavy atom. The van der Waals surface area contributed by atoms with Gasteiger partial charge in [0.15, 0.2) is 23.3 Å². The van der Waals surface area contributed by atoms with E-state index in [0.29, 0.717) is 5.69 Å². The number of anilines is 1. The Morgan fingerprint density at radius 1 is 1.14 bits per heavy atom. The number of aromatic amines is 1. The molecule has 6 nitrogen and oxygen atoms in total. The number of thioether (sulfide) groups is 1. The van der Waals surface area contributed by atoms with Crippen LogP contribution in [-0.4, -0.2) is 16.4 Å². The minimum absolute atomic E-state index is 0.0112. The molecule has 1 atom stereocenters. The zero-order valence-electron chi connectivity index (χ0n) is 15.1. The molecule has 2 aromatic carbocycles. The maximum absolute atomic E-state index is 13.7. The van der Waals surface area contributed by atoms with E-state index >= 15 is 0 Å². The van der Waals surface area contributed by atoms with Gasteiger partial charge >= 0.3 is 10.7 Å². The van der Waals surface area contributed by atoms with Crippen molar-refractivity contribution >= 4 is 23.4 Å². The van der Waals surface area contributed by atoms with Gasteiger partial charge in [-0.25, -0.2) is 22.4 Å². The van der Waals surface area contributed by atoms with Crippen LogP contribution < -0.4 is 15.6 Å². The molecule has 1 unspecified atom stereocenters. The molecular formula is C18H14F4N3O3S+. The standard InChI is InChI=1S/C18H13F4N3O3S/c1-8-3-5-10(6-4-8)25-17(18(27)28-24-25)29-9(2)16(26)23-15-13(21)11(19)7-12(20)14(15)22/h3-7,9H,1-2H3,(H-,23,24,26,27)/p+1. The molecule has 0 fully saturated rings. The van der Waals surface area contributed by atoms with E-state index in [1.165, 1.54) is 11.6 Å². The van der Waals surface area contributed by atoms with E-state index < -0.39 is 45.7 Å². The largest absolute Gasteiger partial charge is 0.442 e. The van der Waals surface area contributed by atoms with Gasteiger partial charge in [0.1, 0.15) is 5.69 Å². The van der Waals surface area contributed by atoms with E-state index in [0.717, 1.165) is 17.3 Å². The highest BCUT2D eigenvalue weighted by molar-refractivity contribution is 8.00. The fourth-order valence-corrected chi connectivity index (χ4v) is 3.24. The molecule has 29 heavy (non-hydrogen) atoms. The molecule has 0 saturated heterocycles. The Morgan fingerprint density at radius 2 is 1.72 bits per heavy atom. The number of hydrogen-bond donors (Lipinski definition) is 2. The molecule has 0 bridgehead atoms. The Hall–Kier alpha value is -3.08. The fraction of sp³-hybridized carbons (Fsp3) is 0.167. The van der Waals surface area contributed by atoms with Crippen LogP contribution in [0.1, 0.15) is 12.5 Å². The average molecular weight is 428 g/mol. The van der Waals surface area contributed by atoms with Crippen molar-refractivity contribution < 1.29 is 31.6 Å². The van der Waals surface area contributed by atoms with E-state index in [4.69, 9.17) is 4.52 Å².